The minimum atomic E-state index is -1.34. The van der Waals surface area contributed by atoms with E-state index < -0.39 is 71.5 Å². The van der Waals surface area contributed by atoms with Crippen molar-refractivity contribution in [3.8, 4) is 0 Å². The van der Waals surface area contributed by atoms with Crippen LogP contribution in [0.25, 0.3) is 0 Å². The van der Waals surface area contributed by atoms with E-state index in [1.165, 1.54) is 60.7 Å². The van der Waals surface area contributed by atoms with Gasteiger partial charge in [-0.1, -0.05) is 63.8 Å². The molecule has 2 N–H and O–H groups in total. The summed E-state index contributed by atoms with van der Waals surface area (Å²) < 4.78 is 25.8. The van der Waals surface area contributed by atoms with Crippen LogP contribution in [0.2, 0.25) is 0 Å². The van der Waals surface area contributed by atoms with Crippen LogP contribution >= 0.6 is 0 Å². The summed E-state index contributed by atoms with van der Waals surface area (Å²) in [7, 11) is 0. The zero-order valence-corrected chi connectivity index (χ0v) is 31.8. The lowest BCUT2D eigenvalue weighted by molar-refractivity contribution is -0.170. The Kier molecular flexibility index (Phi) is 18.7. The smallest absolute Gasteiger partial charge is 0.346 e. The van der Waals surface area contributed by atoms with Crippen LogP contribution in [-0.4, -0.2) is 70.5 Å². The predicted molar refractivity (Wildman–Crippen MR) is 200 cm³/mol. The minimum Gasteiger partial charge on any atom is -0.481 e. The van der Waals surface area contributed by atoms with Gasteiger partial charge in [0.1, 0.15) is 0 Å². The van der Waals surface area contributed by atoms with Crippen LogP contribution in [0.1, 0.15) is 153 Å². The normalized spacial score (nSPS) is 11.7. The molecule has 15 heteroatoms. The second-order valence-electron chi connectivity index (χ2n) is 12.8. The number of carboxylic acids is 1. The largest absolute Gasteiger partial charge is 0.481 e. The highest BCUT2D eigenvalue weighted by atomic mass is 16.7. The number of carboxylic acid groups (broad SMARTS) is 1. The van der Waals surface area contributed by atoms with Gasteiger partial charge in [0.2, 0.25) is 12.6 Å². The van der Waals surface area contributed by atoms with Crippen molar-refractivity contribution in [2.24, 2.45) is 0 Å². The Labute approximate surface area is 329 Å². The summed E-state index contributed by atoms with van der Waals surface area (Å²) in [6, 6.07) is 15.2. The van der Waals surface area contributed by atoms with E-state index in [4.69, 9.17) is 28.8 Å². The maximum atomic E-state index is 13.1. The third-order valence-corrected chi connectivity index (χ3v) is 8.27. The summed E-state index contributed by atoms with van der Waals surface area (Å²) in [5.74, 6) is -8.38. The van der Waals surface area contributed by atoms with Gasteiger partial charge in [-0.2, -0.15) is 0 Å². The van der Waals surface area contributed by atoms with Crippen LogP contribution in [0, 0.1) is 0 Å². The molecule has 0 spiro atoms. The molecular formula is C42H46O15. The van der Waals surface area contributed by atoms with Crippen LogP contribution in [0.3, 0.4) is 0 Å². The van der Waals surface area contributed by atoms with E-state index in [9.17, 15) is 43.5 Å². The van der Waals surface area contributed by atoms with Gasteiger partial charge >= 0.3 is 47.8 Å². The third kappa shape index (κ3) is 15.4. The number of aliphatic carboxylic acids is 1. The Hall–Kier alpha value is -6.22. The molecule has 0 fully saturated rings. The second-order valence-corrected chi connectivity index (χ2v) is 12.8. The summed E-state index contributed by atoms with van der Waals surface area (Å²) in [5, 5.41) is 18.8. The number of benzene rings is 3. The first kappa shape index (κ1) is 45.2. The second kappa shape index (κ2) is 23.6. The zero-order chi connectivity index (χ0) is 41.7. The number of ether oxygens (including phenoxy) is 5. The van der Waals surface area contributed by atoms with Crippen molar-refractivity contribution < 1.29 is 72.3 Å². The van der Waals surface area contributed by atoms with Crippen molar-refractivity contribution in [1.29, 1.82) is 0 Å². The van der Waals surface area contributed by atoms with Crippen LogP contribution in [0.15, 0.2) is 72.8 Å². The summed E-state index contributed by atoms with van der Waals surface area (Å²) in [5.41, 5.74) is -1.49. The number of carbonyl (C=O) groups excluding carboxylic acids is 7. The van der Waals surface area contributed by atoms with E-state index in [1.807, 2.05) is 13.8 Å². The number of unbranched alkanes of at least 4 members (excludes halogenated alkanes) is 5. The van der Waals surface area contributed by atoms with Crippen LogP contribution in [0.4, 0.5) is 0 Å². The number of rotatable bonds is 22. The van der Waals surface area contributed by atoms with Gasteiger partial charge in [-0.25, -0.2) is 28.8 Å². The molecule has 0 saturated carbocycles. The van der Waals surface area contributed by atoms with Gasteiger partial charge in [0.15, 0.2) is 0 Å². The molecule has 0 aromatic heterocycles. The molecule has 57 heavy (non-hydrogen) atoms. The maximum absolute atomic E-state index is 13.1. The Bertz CT molecular complexity index is 1900. The van der Waals surface area contributed by atoms with E-state index in [0.717, 1.165) is 37.8 Å². The quantitative estimate of drug-likeness (QED) is 0.0344. The highest BCUT2D eigenvalue weighted by molar-refractivity contribution is 6.11. The molecule has 3 rings (SSSR count). The fourth-order valence-corrected chi connectivity index (χ4v) is 5.24. The van der Waals surface area contributed by atoms with Crippen molar-refractivity contribution in [3.05, 3.63) is 106 Å². The van der Waals surface area contributed by atoms with E-state index in [0.29, 0.717) is 12.8 Å². The first-order valence-electron chi connectivity index (χ1n) is 18.7. The number of hydrogen-bond donors (Lipinski definition) is 2. The molecule has 0 heterocycles. The first-order chi connectivity index (χ1) is 27.3. The lowest BCUT2D eigenvalue weighted by atomic mass is 10.1. The number of aliphatic hydroxyl groups is 1. The molecule has 15 nitrogen and oxygen atoms in total. The van der Waals surface area contributed by atoms with Gasteiger partial charge < -0.3 is 33.9 Å². The van der Waals surface area contributed by atoms with E-state index in [2.05, 4.69) is 0 Å². The predicted octanol–water partition coefficient (Wildman–Crippen LogP) is 6.99. The standard InChI is InChI=1S/C42H46O15/c1-3-5-7-22-35(46)54-37(47)27-15-13-17-29(25-27)39(49)56-41(51)31-19-9-10-20-32(31)42(52)57-40(50)30-18-14-16-28(26-30)38(48)55-36(24-8-6-4-2)53-34(45)23-12-11-21-33(43)44/h9-10,13-20,25-26,35-36,46H,3-8,11-12,21-24H2,1-2H3,(H,43,44). The highest BCUT2D eigenvalue weighted by Gasteiger charge is 2.26. The van der Waals surface area contributed by atoms with Crippen molar-refractivity contribution in [3.63, 3.8) is 0 Å². The minimum absolute atomic E-state index is 0.0702. The summed E-state index contributed by atoms with van der Waals surface area (Å²) in [4.78, 5) is 101. The van der Waals surface area contributed by atoms with Crippen molar-refractivity contribution in [2.75, 3.05) is 0 Å². The van der Waals surface area contributed by atoms with Crippen LogP contribution in [0.5, 0.6) is 0 Å². The third-order valence-electron chi connectivity index (χ3n) is 8.27. The molecule has 2 atom stereocenters. The van der Waals surface area contributed by atoms with Gasteiger partial charge in [-0.3, -0.25) is 9.59 Å². The molecule has 2 unspecified atom stereocenters. The number of carbonyl (C=O) groups is 8. The van der Waals surface area contributed by atoms with Gasteiger partial charge in [0.05, 0.1) is 33.4 Å². The lowest BCUT2D eigenvalue weighted by Crippen LogP contribution is -2.25. The number of hydrogen-bond acceptors (Lipinski definition) is 14. The Morgan fingerprint density at radius 1 is 0.509 bits per heavy atom. The molecule has 0 saturated heterocycles. The van der Waals surface area contributed by atoms with Gasteiger partial charge in [-0.05, 0) is 74.2 Å². The topological polar surface area (TPSA) is 223 Å². The molecule has 0 aliphatic rings. The molecule has 3 aromatic rings. The fourth-order valence-electron chi connectivity index (χ4n) is 5.24. The zero-order valence-electron chi connectivity index (χ0n) is 31.8. The SMILES string of the molecule is CCCCCC(O)OC(=O)c1cccc(C(=O)OC(=O)c2ccccc2C(=O)OC(=O)c2cccc(C(=O)OC(CCCCC)OC(=O)CCCCC(=O)O)c2)c1. The fraction of sp³-hybridized carbons (Fsp3) is 0.381. The monoisotopic (exact) mass is 790 g/mol. The summed E-state index contributed by atoms with van der Waals surface area (Å²) >= 11 is 0. The van der Waals surface area contributed by atoms with E-state index in [1.54, 1.807) is 0 Å². The van der Waals surface area contributed by atoms with Gasteiger partial charge in [0, 0.05) is 25.7 Å². The van der Waals surface area contributed by atoms with Crippen molar-refractivity contribution >= 4 is 47.8 Å². The highest BCUT2D eigenvalue weighted by Crippen LogP contribution is 2.19. The van der Waals surface area contributed by atoms with Crippen molar-refractivity contribution in [1.82, 2.24) is 0 Å². The van der Waals surface area contributed by atoms with E-state index >= 15 is 0 Å². The lowest BCUT2D eigenvalue weighted by Gasteiger charge is -2.18. The average molecular weight is 791 g/mol. The molecule has 0 aliphatic carbocycles. The number of aliphatic hydroxyl groups excluding tert-OH is 1. The Morgan fingerprint density at radius 2 is 0.965 bits per heavy atom. The maximum Gasteiger partial charge on any atom is 0.346 e. The molecular weight excluding hydrogens is 744 g/mol. The Morgan fingerprint density at radius 3 is 1.46 bits per heavy atom. The van der Waals surface area contributed by atoms with Crippen LogP contribution < -0.4 is 0 Å². The Balaban J connectivity index is 1.65. The van der Waals surface area contributed by atoms with Gasteiger partial charge in [-0.15, -0.1) is 0 Å². The molecule has 0 radical (unpaired) electrons. The number of esters is 7. The summed E-state index contributed by atoms with van der Waals surface area (Å²) in [6.07, 6.45) is 2.84. The van der Waals surface area contributed by atoms with Crippen LogP contribution in [-0.2, 0) is 33.3 Å². The molecule has 3 aromatic carbocycles. The van der Waals surface area contributed by atoms with Crippen molar-refractivity contribution in [2.45, 2.75) is 103 Å². The summed E-state index contributed by atoms with van der Waals surface area (Å²) in [6.45, 7) is 3.95. The first-order valence-corrected chi connectivity index (χ1v) is 18.7. The van der Waals surface area contributed by atoms with E-state index in [-0.39, 0.29) is 60.8 Å². The average Bonchev–Trinajstić information content (AvgIpc) is 3.19. The molecule has 0 amide bonds. The van der Waals surface area contributed by atoms with Gasteiger partial charge in [0.25, 0.3) is 0 Å². The molecule has 0 bridgehead atoms. The molecule has 304 valence electrons. The molecule has 0 aliphatic heterocycles.